The number of carbonyl (C=O) groups is 3. The Balaban J connectivity index is 1.45. The van der Waals surface area contributed by atoms with Gasteiger partial charge < -0.3 is 34.4 Å². The first-order valence-corrected chi connectivity index (χ1v) is 14.7. The van der Waals surface area contributed by atoms with E-state index in [0.29, 0.717) is 53.5 Å². The molecule has 2 aliphatic heterocycles. The first-order chi connectivity index (χ1) is 21.2. The number of fused-ring (bicyclic) bond motifs is 5. The number of carbonyl (C=O) groups excluding carboxylic acids is 3. The Morgan fingerprint density at radius 1 is 1.14 bits per heavy atom. The number of likely N-dealkylation sites (tertiary alicyclic amines) is 1. The highest BCUT2D eigenvalue weighted by Crippen LogP contribution is 2.33. The molecule has 1 aromatic heterocycles. The van der Waals surface area contributed by atoms with E-state index in [1.807, 2.05) is 44.2 Å². The number of nitrogens with zero attached hydrogens (tertiary/aromatic N) is 3. The molecule has 0 unspecified atom stereocenters. The number of piperidine rings is 1. The molecule has 3 heterocycles. The van der Waals surface area contributed by atoms with Crippen molar-refractivity contribution in [1.29, 1.82) is 0 Å². The molecule has 0 aliphatic carbocycles. The highest BCUT2D eigenvalue weighted by molar-refractivity contribution is 5.97. The fraction of sp³-hybridized carbons (Fsp3) is 0.394. The SMILES string of the molecule is COc1ccc2cc1Oc1cccc(c1)CO[C@H]1CCN(C(=O)c3ccc(C)nc3C)C[C@@H]1NC(=O)CN(CCCO)C2=O. The van der Waals surface area contributed by atoms with E-state index in [1.165, 1.54) is 12.0 Å². The van der Waals surface area contributed by atoms with Gasteiger partial charge in [-0.1, -0.05) is 12.1 Å². The summed E-state index contributed by atoms with van der Waals surface area (Å²) in [4.78, 5) is 48.2. The number of aliphatic hydroxyl groups excluding tert-OH is 1. The summed E-state index contributed by atoms with van der Waals surface area (Å²) in [5.74, 6) is 0.408. The Morgan fingerprint density at radius 2 is 1.98 bits per heavy atom. The van der Waals surface area contributed by atoms with Crippen molar-refractivity contribution in [3.05, 3.63) is 82.7 Å². The van der Waals surface area contributed by atoms with Gasteiger partial charge in [-0.3, -0.25) is 19.4 Å². The minimum Gasteiger partial charge on any atom is -0.493 e. The van der Waals surface area contributed by atoms with Crippen LogP contribution in [-0.4, -0.2) is 89.7 Å². The third kappa shape index (κ3) is 7.17. The smallest absolute Gasteiger partial charge is 0.255 e. The van der Waals surface area contributed by atoms with Crippen molar-refractivity contribution < 1.29 is 33.7 Å². The van der Waals surface area contributed by atoms with Crippen LogP contribution in [0.25, 0.3) is 0 Å². The Bertz CT molecular complexity index is 1530. The summed E-state index contributed by atoms with van der Waals surface area (Å²) in [6.07, 6.45) is 0.416. The second-order valence-corrected chi connectivity index (χ2v) is 11.1. The van der Waals surface area contributed by atoms with Crippen LogP contribution in [0.3, 0.4) is 0 Å². The molecule has 2 aromatic carbocycles. The van der Waals surface area contributed by atoms with Crippen molar-refractivity contribution in [3.8, 4) is 17.2 Å². The summed E-state index contributed by atoms with van der Waals surface area (Å²) in [6, 6.07) is 15.4. The summed E-state index contributed by atoms with van der Waals surface area (Å²) in [5.41, 5.74) is 3.17. The number of aryl methyl sites for hydroxylation is 2. The lowest BCUT2D eigenvalue weighted by Crippen LogP contribution is -2.58. The predicted octanol–water partition coefficient (Wildman–Crippen LogP) is 3.25. The summed E-state index contributed by atoms with van der Waals surface area (Å²) in [5, 5.41) is 12.5. The zero-order chi connectivity index (χ0) is 31.2. The maximum atomic E-state index is 13.7. The molecule has 2 atom stereocenters. The highest BCUT2D eigenvalue weighted by Gasteiger charge is 2.35. The number of nitrogens with one attached hydrogen (secondary N) is 1. The molecule has 0 spiro atoms. The molecule has 2 N–H and O–H groups in total. The molecule has 232 valence electrons. The van der Waals surface area contributed by atoms with Crippen LogP contribution in [-0.2, 0) is 16.1 Å². The third-order valence-corrected chi connectivity index (χ3v) is 7.85. The predicted molar refractivity (Wildman–Crippen MR) is 162 cm³/mol. The number of benzene rings is 2. The van der Waals surface area contributed by atoms with Gasteiger partial charge in [-0.15, -0.1) is 0 Å². The first kappa shape index (κ1) is 31.0. The van der Waals surface area contributed by atoms with E-state index >= 15 is 0 Å². The minimum atomic E-state index is -0.520. The van der Waals surface area contributed by atoms with Crippen molar-refractivity contribution in [3.63, 3.8) is 0 Å². The van der Waals surface area contributed by atoms with Crippen LogP contribution in [0, 0.1) is 13.8 Å². The van der Waals surface area contributed by atoms with Gasteiger partial charge in [-0.25, -0.2) is 0 Å². The maximum absolute atomic E-state index is 13.7. The molecule has 11 nitrogen and oxygen atoms in total. The number of rotatable bonds is 5. The standard InChI is InChI=1S/C33H38N4O7/c1-21-8-10-26(22(2)34-21)33(41)37-14-12-28-27(18-37)35-31(39)19-36(13-5-15-38)32(40)24-9-11-29(42-3)30(17-24)44-25-7-4-6-23(16-25)20-43-28/h4,6-11,16-17,27-28,38H,5,12-15,18-20H2,1-3H3,(H,35,39)/t27-,28-/m0/s1. The van der Waals surface area contributed by atoms with Crippen LogP contribution in [0.2, 0.25) is 0 Å². The van der Waals surface area contributed by atoms with Crippen molar-refractivity contribution >= 4 is 17.7 Å². The van der Waals surface area contributed by atoms with Crippen LogP contribution < -0.4 is 14.8 Å². The van der Waals surface area contributed by atoms with E-state index in [1.54, 1.807) is 29.2 Å². The minimum absolute atomic E-state index is 0.137. The van der Waals surface area contributed by atoms with E-state index in [2.05, 4.69) is 10.3 Å². The molecule has 4 bridgehead atoms. The average Bonchev–Trinajstić information content (AvgIpc) is 3.01. The van der Waals surface area contributed by atoms with Crippen LogP contribution >= 0.6 is 0 Å². The molecule has 5 rings (SSSR count). The van der Waals surface area contributed by atoms with Gasteiger partial charge in [0.15, 0.2) is 11.5 Å². The number of aromatic nitrogens is 1. The lowest BCUT2D eigenvalue weighted by atomic mass is 10.00. The molecular weight excluding hydrogens is 564 g/mol. The van der Waals surface area contributed by atoms with Crippen LogP contribution in [0.5, 0.6) is 17.2 Å². The number of pyridine rings is 1. The van der Waals surface area contributed by atoms with E-state index in [-0.39, 0.29) is 44.9 Å². The Labute approximate surface area is 256 Å². The largest absolute Gasteiger partial charge is 0.493 e. The van der Waals surface area contributed by atoms with Gasteiger partial charge in [0.1, 0.15) is 5.75 Å². The topological polar surface area (TPSA) is 131 Å². The normalized spacial score (nSPS) is 19.1. The third-order valence-electron chi connectivity index (χ3n) is 7.85. The molecule has 3 aromatic rings. The lowest BCUT2D eigenvalue weighted by Gasteiger charge is -2.39. The van der Waals surface area contributed by atoms with E-state index in [4.69, 9.17) is 14.2 Å². The molecule has 3 amide bonds. The fourth-order valence-corrected chi connectivity index (χ4v) is 5.58. The molecule has 44 heavy (non-hydrogen) atoms. The van der Waals surface area contributed by atoms with Gasteiger partial charge >= 0.3 is 0 Å². The number of methoxy groups -OCH3 is 1. The number of amides is 3. The first-order valence-electron chi connectivity index (χ1n) is 14.7. The summed E-state index contributed by atoms with van der Waals surface area (Å²) >= 11 is 0. The molecule has 11 heteroatoms. The van der Waals surface area contributed by atoms with Gasteiger partial charge in [-0.05, 0) is 74.7 Å². The summed E-state index contributed by atoms with van der Waals surface area (Å²) < 4.78 is 18.0. The zero-order valence-electron chi connectivity index (χ0n) is 25.2. The Hall–Kier alpha value is -4.48. The van der Waals surface area contributed by atoms with E-state index in [0.717, 1.165) is 11.3 Å². The Kier molecular flexibility index (Phi) is 9.76. The fourth-order valence-electron chi connectivity index (χ4n) is 5.58. The average molecular weight is 603 g/mol. The second-order valence-electron chi connectivity index (χ2n) is 11.1. The van der Waals surface area contributed by atoms with Crippen LogP contribution in [0.4, 0.5) is 0 Å². The number of hydrogen-bond donors (Lipinski definition) is 2. The number of ether oxygens (including phenoxy) is 3. The van der Waals surface area contributed by atoms with Gasteiger partial charge in [0, 0.05) is 37.5 Å². The van der Waals surface area contributed by atoms with Gasteiger partial charge in [0.25, 0.3) is 11.8 Å². The van der Waals surface area contributed by atoms with Crippen LogP contribution in [0.15, 0.2) is 54.6 Å². The molecule has 2 aliphatic rings. The molecule has 1 fully saturated rings. The number of hydrogen-bond acceptors (Lipinski definition) is 8. The molecule has 0 radical (unpaired) electrons. The monoisotopic (exact) mass is 602 g/mol. The maximum Gasteiger partial charge on any atom is 0.255 e. The van der Waals surface area contributed by atoms with E-state index < -0.39 is 17.9 Å². The Morgan fingerprint density at radius 3 is 2.75 bits per heavy atom. The van der Waals surface area contributed by atoms with Gasteiger partial charge in [-0.2, -0.15) is 0 Å². The number of aliphatic hydroxyl groups is 1. The van der Waals surface area contributed by atoms with Gasteiger partial charge in [0.2, 0.25) is 5.91 Å². The van der Waals surface area contributed by atoms with Crippen molar-refractivity contribution in [1.82, 2.24) is 20.1 Å². The van der Waals surface area contributed by atoms with Crippen molar-refractivity contribution in [2.24, 2.45) is 0 Å². The van der Waals surface area contributed by atoms with Crippen LogP contribution in [0.1, 0.15) is 50.5 Å². The van der Waals surface area contributed by atoms with Crippen molar-refractivity contribution in [2.45, 2.75) is 45.4 Å². The molecule has 0 saturated carbocycles. The zero-order valence-corrected chi connectivity index (χ0v) is 25.2. The summed E-state index contributed by atoms with van der Waals surface area (Å²) in [6.45, 7) is 4.43. The lowest BCUT2D eigenvalue weighted by molar-refractivity contribution is -0.125. The summed E-state index contributed by atoms with van der Waals surface area (Å²) in [7, 11) is 1.52. The second kappa shape index (κ2) is 13.9. The quantitative estimate of drug-likeness (QED) is 0.455. The van der Waals surface area contributed by atoms with Crippen molar-refractivity contribution in [2.75, 3.05) is 39.9 Å². The molecule has 1 saturated heterocycles. The highest BCUT2D eigenvalue weighted by atomic mass is 16.5. The van der Waals surface area contributed by atoms with E-state index in [9.17, 15) is 19.5 Å². The molecular formula is C33H38N4O7. The van der Waals surface area contributed by atoms with Gasteiger partial charge in [0.05, 0.1) is 43.7 Å².